The van der Waals surface area contributed by atoms with Crippen LogP contribution in [0.15, 0.2) is 54.6 Å². The van der Waals surface area contributed by atoms with Gasteiger partial charge in [-0.3, -0.25) is 4.79 Å². The molecule has 6 nitrogen and oxygen atoms in total. The Morgan fingerprint density at radius 1 is 1.06 bits per heavy atom. The minimum absolute atomic E-state index is 0.0412. The Morgan fingerprint density at radius 2 is 1.71 bits per heavy atom. The van der Waals surface area contributed by atoms with E-state index in [9.17, 15) is 9.59 Å². The van der Waals surface area contributed by atoms with Crippen molar-refractivity contribution >= 4 is 22.8 Å². The molecule has 0 amide bonds. The average molecular weight is 421 g/mol. The van der Waals surface area contributed by atoms with E-state index in [0.717, 1.165) is 5.39 Å². The second-order valence-corrected chi connectivity index (χ2v) is 8.98. The van der Waals surface area contributed by atoms with Crippen molar-refractivity contribution in [3.05, 3.63) is 65.7 Å². The molecule has 162 valence electrons. The van der Waals surface area contributed by atoms with Gasteiger partial charge < -0.3 is 14.2 Å². The van der Waals surface area contributed by atoms with Crippen LogP contribution >= 0.6 is 0 Å². The Kier molecular flexibility index (Phi) is 5.13. The number of carbonyl (C=O) groups is 2. The number of methoxy groups -OCH3 is 1. The zero-order valence-electron chi connectivity index (χ0n) is 18.5. The van der Waals surface area contributed by atoms with Crippen LogP contribution in [-0.2, 0) is 9.47 Å². The fourth-order valence-corrected chi connectivity index (χ4v) is 4.04. The van der Waals surface area contributed by atoms with Gasteiger partial charge in [0.25, 0.3) is 0 Å². The predicted molar refractivity (Wildman–Crippen MR) is 118 cm³/mol. The third-order valence-electron chi connectivity index (χ3n) is 5.49. The van der Waals surface area contributed by atoms with Crippen LogP contribution in [0.3, 0.4) is 0 Å². The summed E-state index contributed by atoms with van der Waals surface area (Å²) in [6.45, 7) is 7.21. The highest BCUT2D eigenvalue weighted by atomic mass is 16.7. The van der Waals surface area contributed by atoms with Gasteiger partial charge in [-0.25, -0.2) is 9.36 Å². The summed E-state index contributed by atoms with van der Waals surface area (Å²) in [4.78, 5) is 26.8. The van der Waals surface area contributed by atoms with Crippen LogP contribution in [0, 0.1) is 0 Å². The van der Waals surface area contributed by atoms with Crippen molar-refractivity contribution in [1.82, 2.24) is 4.57 Å². The number of hydrogen-bond donors (Lipinski definition) is 0. The van der Waals surface area contributed by atoms with E-state index in [4.69, 9.17) is 14.2 Å². The van der Waals surface area contributed by atoms with Crippen molar-refractivity contribution in [3.63, 3.8) is 0 Å². The molecule has 0 radical (unpaired) electrons. The number of ether oxygens (including phenoxy) is 3. The molecule has 1 aromatic heterocycles. The summed E-state index contributed by atoms with van der Waals surface area (Å²) in [7, 11) is 1.54. The molecule has 1 aliphatic heterocycles. The third kappa shape index (κ3) is 3.83. The van der Waals surface area contributed by atoms with Gasteiger partial charge in [0, 0.05) is 37.0 Å². The molecule has 0 spiro atoms. The van der Waals surface area contributed by atoms with Gasteiger partial charge in [0.15, 0.2) is 5.78 Å². The summed E-state index contributed by atoms with van der Waals surface area (Å²) in [5, 5.41) is 0.788. The molecule has 0 bridgehead atoms. The normalized spacial score (nSPS) is 20.7. The Bertz CT molecular complexity index is 1140. The Balaban J connectivity index is 1.95. The predicted octanol–water partition coefficient (Wildman–Crippen LogP) is 5.54. The number of benzene rings is 2. The standard InChI is InChI=1S/C25H27NO5/c1-24(2,3)31-23(28)26-19-14-10-9-13-17(19)20-18(15-25(4,29-5)30-22(20)26)21(27)16-11-7-6-8-12-16/h6-14,18H,15H2,1-5H3/t18-,25-/m1/s1. The molecule has 3 aromatic rings. The van der Waals surface area contributed by atoms with Crippen LogP contribution in [0.4, 0.5) is 4.79 Å². The minimum Gasteiger partial charge on any atom is -0.446 e. The first kappa shape index (κ1) is 21.1. The lowest BCUT2D eigenvalue weighted by Gasteiger charge is -2.37. The van der Waals surface area contributed by atoms with E-state index >= 15 is 0 Å². The molecule has 2 atom stereocenters. The zero-order chi connectivity index (χ0) is 22.4. The maximum absolute atomic E-state index is 13.6. The number of aromatic nitrogens is 1. The van der Waals surface area contributed by atoms with Crippen molar-refractivity contribution in [2.75, 3.05) is 7.11 Å². The van der Waals surface area contributed by atoms with Crippen LogP contribution in [0.2, 0.25) is 0 Å². The van der Waals surface area contributed by atoms with Crippen molar-refractivity contribution in [2.24, 2.45) is 0 Å². The largest absolute Gasteiger partial charge is 0.446 e. The fraction of sp³-hybridized carbons (Fsp3) is 0.360. The molecule has 2 aromatic carbocycles. The minimum atomic E-state index is -1.07. The molecule has 2 heterocycles. The number of carbonyl (C=O) groups excluding carboxylic acids is 2. The van der Waals surface area contributed by atoms with Gasteiger partial charge >= 0.3 is 6.09 Å². The van der Waals surface area contributed by atoms with Gasteiger partial charge in [-0.15, -0.1) is 0 Å². The summed E-state index contributed by atoms with van der Waals surface area (Å²) in [6, 6.07) is 16.6. The van der Waals surface area contributed by atoms with Crippen LogP contribution in [0.25, 0.3) is 10.9 Å². The highest BCUT2D eigenvalue weighted by molar-refractivity contribution is 6.06. The molecule has 1 aliphatic rings. The summed E-state index contributed by atoms with van der Waals surface area (Å²) in [6.07, 6.45) is -0.233. The summed E-state index contributed by atoms with van der Waals surface area (Å²) in [5.41, 5.74) is 1.24. The Morgan fingerprint density at radius 3 is 2.35 bits per heavy atom. The van der Waals surface area contributed by atoms with Gasteiger partial charge in [0.1, 0.15) is 5.60 Å². The first-order chi connectivity index (χ1) is 14.6. The highest BCUT2D eigenvalue weighted by Crippen LogP contribution is 2.48. The van der Waals surface area contributed by atoms with Gasteiger partial charge in [0.05, 0.1) is 11.4 Å². The lowest BCUT2D eigenvalue weighted by atomic mass is 9.83. The topological polar surface area (TPSA) is 66.8 Å². The van der Waals surface area contributed by atoms with Gasteiger partial charge in [0.2, 0.25) is 11.7 Å². The molecule has 0 saturated carbocycles. The number of para-hydroxylation sites is 1. The number of ketones is 1. The fourth-order valence-electron chi connectivity index (χ4n) is 4.04. The molecule has 4 rings (SSSR count). The monoisotopic (exact) mass is 421 g/mol. The number of nitrogens with zero attached hydrogens (tertiary/aromatic N) is 1. The van der Waals surface area contributed by atoms with Gasteiger partial charge in [-0.2, -0.15) is 0 Å². The second-order valence-electron chi connectivity index (χ2n) is 8.98. The summed E-state index contributed by atoms with van der Waals surface area (Å²) < 4.78 is 18.9. The van der Waals surface area contributed by atoms with Gasteiger partial charge in [-0.1, -0.05) is 48.5 Å². The van der Waals surface area contributed by atoms with Crippen molar-refractivity contribution in [1.29, 1.82) is 0 Å². The van der Waals surface area contributed by atoms with Crippen LogP contribution < -0.4 is 4.74 Å². The summed E-state index contributed by atoms with van der Waals surface area (Å²) in [5.74, 6) is -1.36. The van der Waals surface area contributed by atoms with E-state index in [1.165, 1.54) is 11.7 Å². The van der Waals surface area contributed by atoms with Crippen molar-refractivity contribution < 1.29 is 23.8 Å². The maximum Gasteiger partial charge on any atom is 0.421 e. The first-order valence-corrected chi connectivity index (χ1v) is 10.3. The van der Waals surface area contributed by atoms with Crippen molar-refractivity contribution in [3.8, 4) is 5.88 Å². The molecule has 0 fully saturated rings. The summed E-state index contributed by atoms with van der Waals surface area (Å²) >= 11 is 0. The van der Waals surface area contributed by atoms with E-state index in [2.05, 4.69) is 0 Å². The molecule has 0 N–H and O–H groups in total. The number of rotatable bonds is 3. The zero-order valence-corrected chi connectivity index (χ0v) is 18.5. The van der Waals surface area contributed by atoms with E-state index in [1.807, 2.05) is 63.2 Å². The third-order valence-corrected chi connectivity index (χ3v) is 5.49. The van der Waals surface area contributed by atoms with Crippen LogP contribution in [0.1, 0.15) is 56.0 Å². The van der Waals surface area contributed by atoms with E-state index in [0.29, 0.717) is 28.9 Å². The molecule has 0 saturated heterocycles. The quantitative estimate of drug-likeness (QED) is 0.520. The molecule has 0 aliphatic carbocycles. The molecular weight excluding hydrogens is 394 g/mol. The lowest BCUT2D eigenvalue weighted by Crippen LogP contribution is -2.42. The first-order valence-electron chi connectivity index (χ1n) is 10.3. The number of Topliss-reactive ketones (excluding diaryl/α,β-unsaturated/α-hetero) is 1. The smallest absolute Gasteiger partial charge is 0.421 e. The average Bonchev–Trinajstić information content (AvgIpc) is 3.06. The van der Waals surface area contributed by atoms with Crippen LogP contribution in [-0.4, -0.2) is 34.9 Å². The molecule has 0 unspecified atom stereocenters. The maximum atomic E-state index is 13.6. The Hall–Kier alpha value is -3.12. The number of fused-ring (bicyclic) bond motifs is 3. The number of hydrogen-bond acceptors (Lipinski definition) is 5. The van der Waals surface area contributed by atoms with E-state index < -0.39 is 23.4 Å². The van der Waals surface area contributed by atoms with E-state index in [-0.39, 0.29) is 5.78 Å². The highest BCUT2D eigenvalue weighted by Gasteiger charge is 2.45. The van der Waals surface area contributed by atoms with Crippen molar-refractivity contribution in [2.45, 2.75) is 51.4 Å². The lowest BCUT2D eigenvalue weighted by molar-refractivity contribution is -0.165. The SMILES string of the molecule is CO[C@@]1(C)C[C@@H](C(=O)c2ccccc2)c2c(n(C(=O)OC(C)(C)C)c3ccccc23)O1. The Labute approximate surface area is 181 Å². The van der Waals surface area contributed by atoms with Gasteiger partial charge in [-0.05, 0) is 26.8 Å². The van der Waals surface area contributed by atoms with Crippen LogP contribution in [0.5, 0.6) is 5.88 Å². The second kappa shape index (κ2) is 7.54. The molecular formula is C25H27NO5. The molecule has 31 heavy (non-hydrogen) atoms. The van der Waals surface area contributed by atoms with E-state index in [1.54, 1.807) is 19.1 Å². The molecule has 6 heteroatoms.